The van der Waals surface area contributed by atoms with Crippen molar-refractivity contribution in [2.75, 3.05) is 5.73 Å². The average molecular weight is 233 g/mol. The fraction of sp³-hybridized carbons (Fsp3) is 0.0909. The maximum absolute atomic E-state index is 11.7. The molecule has 0 aliphatic rings. The zero-order valence-corrected chi connectivity index (χ0v) is 9.57. The molecule has 2 rings (SSSR count). The van der Waals surface area contributed by atoms with Gasteiger partial charge in [0.05, 0.1) is 0 Å². The van der Waals surface area contributed by atoms with E-state index in [9.17, 15) is 4.79 Å². The first-order chi connectivity index (χ1) is 7.66. The number of anilines is 1. The lowest BCUT2D eigenvalue weighted by atomic mass is 10.3. The Labute approximate surface area is 97.1 Å². The number of hydrogen-bond acceptors (Lipinski definition) is 4. The van der Waals surface area contributed by atoms with Gasteiger partial charge in [-0.25, -0.2) is 4.98 Å². The van der Waals surface area contributed by atoms with Crippen LogP contribution in [0.3, 0.4) is 0 Å². The third-order valence-corrected chi connectivity index (χ3v) is 3.06. The standard InChI is InChI=1S/C11H11N3OS/c1-14-7-6-13-10(11(14)15)16-9-4-2-8(12)3-5-9/h2-7H,12H2,1H3. The summed E-state index contributed by atoms with van der Waals surface area (Å²) in [6.45, 7) is 0. The Balaban J connectivity index is 2.31. The number of nitrogen functional groups attached to an aromatic ring is 1. The van der Waals surface area contributed by atoms with Crippen LogP contribution >= 0.6 is 11.8 Å². The highest BCUT2D eigenvalue weighted by Crippen LogP contribution is 2.23. The van der Waals surface area contributed by atoms with E-state index in [1.807, 2.05) is 12.1 Å². The second-order valence-electron chi connectivity index (χ2n) is 3.32. The molecule has 0 spiro atoms. The molecule has 0 amide bonds. The van der Waals surface area contributed by atoms with Gasteiger partial charge in [-0.05, 0) is 24.3 Å². The molecule has 16 heavy (non-hydrogen) atoms. The van der Waals surface area contributed by atoms with Gasteiger partial charge < -0.3 is 10.3 Å². The molecule has 0 aliphatic carbocycles. The first-order valence-electron chi connectivity index (χ1n) is 4.72. The molecule has 0 saturated heterocycles. The van der Waals surface area contributed by atoms with Gasteiger partial charge in [-0.3, -0.25) is 4.79 Å². The molecule has 1 aromatic heterocycles. The predicted molar refractivity (Wildman–Crippen MR) is 64.5 cm³/mol. The van der Waals surface area contributed by atoms with Gasteiger partial charge in [0.25, 0.3) is 5.56 Å². The number of hydrogen-bond donors (Lipinski definition) is 1. The van der Waals surface area contributed by atoms with Crippen LogP contribution in [0.4, 0.5) is 5.69 Å². The van der Waals surface area contributed by atoms with Crippen molar-refractivity contribution in [2.45, 2.75) is 9.92 Å². The Bertz CT molecular complexity index is 548. The topological polar surface area (TPSA) is 60.9 Å². The van der Waals surface area contributed by atoms with E-state index in [0.29, 0.717) is 10.7 Å². The molecular weight excluding hydrogens is 222 g/mol. The molecule has 0 atom stereocenters. The monoisotopic (exact) mass is 233 g/mol. The molecule has 1 aromatic carbocycles. The molecule has 5 heteroatoms. The normalized spacial score (nSPS) is 10.3. The van der Waals surface area contributed by atoms with Crippen LogP contribution in [-0.4, -0.2) is 9.55 Å². The highest BCUT2D eigenvalue weighted by molar-refractivity contribution is 7.99. The molecule has 0 radical (unpaired) electrons. The van der Waals surface area contributed by atoms with Crippen molar-refractivity contribution in [2.24, 2.45) is 7.05 Å². The summed E-state index contributed by atoms with van der Waals surface area (Å²) in [5.41, 5.74) is 6.20. The molecule has 2 aromatic rings. The number of aromatic nitrogens is 2. The van der Waals surface area contributed by atoms with Crippen LogP contribution in [0.5, 0.6) is 0 Å². The minimum atomic E-state index is -0.0932. The number of benzene rings is 1. The molecule has 0 aliphatic heterocycles. The van der Waals surface area contributed by atoms with Gasteiger partial charge in [0.1, 0.15) is 0 Å². The number of nitrogens with two attached hydrogens (primary N) is 1. The van der Waals surface area contributed by atoms with Crippen molar-refractivity contribution in [1.29, 1.82) is 0 Å². The second kappa shape index (κ2) is 4.40. The Morgan fingerprint density at radius 3 is 2.69 bits per heavy atom. The van der Waals surface area contributed by atoms with Gasteiger partial charge in [-0.2, -0.15) is 0 Å². The molecule has 82 valence electrons. The molecule has 4 nitrogen and oxygen atoms in total. The van der Waals surface area contributed by atoms with E-state index < -0.39 is 0 Å². The van der Waals surface area contributed by atoms with Crippen molar-refractivity contribution in [3.05, 3.63) is 47.0 Å². The number of nitrogens with zero attached hydrogens (tertiary/aromatic N) is 2. The zero-order chi connectivity index (χ0) is 11.5. The van der Waals surface area contributed by atoms with Crippen LogP contribution in [0.2, 0.25) is 0 Å². The highest BCUT2D eigenvalue weighted by atomic mass is 32.2. The predicted octanol–water partition coefficient (Wildman–Crippen LogP) is 1.51. The van der Waals surface area contributed by atoms with E-state index in [0.717, 1.165) is 4.90 Å². The Kier molecular flexibility index (Phi) is 2.96. The lowest BCUT2D eigenvalue weighted by Crippen LogP contribution is -2.18. The smallest absolute Gasteiger partial charge is 0.283 e. The maximum Gasteiger partial charge on any atom is 0.283 e. The van der Waals surface area contributed by atoms with Crippen molar-refractivity contribution in [3.8, 4) is 0 Å². The molecule has 1 heterocycles. The van der Waals surface area contributed by atoms with E-state index in [2.05, 4.69) is 4.98 Å². The van der Waals surface area contributed by atoms with E-state index in [-0.39, 0.29) is 5.56 Å². The van der Waals surface area contributed by atoms with Crippen LogP contribution in [-0.2, 0) is 7.05 Å². The fourth-order valence-electron chi connectivity index (χ4n) is 1.19. The van der Waals surface area contributed by atoms with Crippen molar-refractivity contribution < 1.29 is 0 Å². The van der Waals surface area contributed by atoms with E-state index in [1.54, 1.807) is 31.6 Å². The Hall–Kier alpha value is -1.75. The van der Waals surface area contributed by atoms with Gasteiger partial charge >= 0.3 is 0 Å². The molecule has 0 saturated carbocycles. The van der Waals surface area contributed by atoms with Crippen LogP contribution in [0.1, 0.15) is 0 Å². The molecule has 0 fully saturated rings. The lowest BCUT2D eigenvalue weighted by Gasteiger charge is -2.02. The zero-order valence-electron chi connectivity index (χ0n) is 8.75. The second-order valence-corrected chi connectivity index (χ2v) is 4.38. The molecule has 2 N–H and O–H groups in total. The SMILES string of the molecule is Cn1ccnc(Sc2ccc(N)cc2)c1=O. The summed E-state index contributed by atoms with van der Waals surface area (Å²) in [7, 11) is 1.71. The minimum absolute atomic E-state index is 0.0932. The quantitative estimate of drug-likeness (QED) is 0.799. The summed E-state index contributed by atoms with van der Waals surface area (Å²) in [6.07, 6.45) is 3.25. The highest BCUT2D eigenvalue weighted by Gasteiger charge is 2.04. The molecular formula is C11H11N3OS. The van der Waals surface area contributed by atoms with E-state index >= 15 is 0 Å². The Morgan fingerprint density at radius 2 is 2.00 bits per heavy atom. The number of rotatable bonds is 2. The summed E-state index contributed by atoms with van der Waals surface area (Å²) in [4.78, 5) is 16.7. The summed E-state index contributed by atoms with van der Waals surface area (Å²) in [5, 5.41) is 0.467. The first-order valence-corrected chi connectivity index (χ1v) is 5.53. The van der Waals surface area contributed by atoms with Crippen molar-refractivity contribution in [1.82, 2.24) is 9.55 Å². The largest absolute Gasteiger partial charge is 0.399 e. The summed E-state index contributed by atoms with van der Waals surface area (Å²) >= 11 is 1.34. The average Bonchev–Trinajstić information content (AvgIpc) is 2.28. The van der Waals surface area contributed by atoms with Gasteiger partial charge in [0, 0.05) is 30.0 Å². The van der Waals surface area contributed by atoms with Crippen molar-refractivity contribution >= 4 is 17.4 Å². The third-order valence-electron chi connectivity index (χ3n) is 2.08. The molecule has 0 unspecified atom stereocenters. The van der Waals surface area contributed by atoms with Gasteiger partial charge in [0.15, 0.2) is 5.03 Å². The minimum Gasteiger partial charge on any atom is -0.399 e. The van der Waals surface area contributed by atoms with Gasteiger partial charge in [-0.1, -0.05) is 11.8 Å². The van der Waals surface area contributed by atoms with Gasteiger partial charge in [-0.15, -0.1) is 0 Å². The summed E-state index contributed by atoms with van der Waals surface area (Å²) < 4.78 is 1.51. The summed E-state index contributed by atoms with van der Waals surface area (Å²) in [6, 6.07) is 7.34. The third kappa shape index (κ3) is 2.25. The lowest BCUT2D eigenvalue weighted by molar-refractivity contribution is 0.794. The first kappa shape index (κ1) is 10.8. The molecule has 0 bridgehead atoms. The van der Waals surface area contributed by atoms with Crippen LogP contribution in [0, 0.1) is 0 Å². The maximum atomic E-state index is 11.7. The Morgan fingerprint density at radius 1 is 1.31 bits per heavy atom. The fourth-order valence-corrected chi connectivity index (χ4v) is 2.03. The number of aryl methyl sites for hydroxylation is 1. The van der Waals surface area contributed by atoms with E-state index in [4.69, 9.17) is 5.73 Å². The van der Waals surface area contributed by atoms with Gasteiger partial charge in [0.2, 0.25) is 0 Å². The van der Waals surface area contributed by atoms with Crippen molar-refractivity contribution in [3.63, 3.8) is 0 Å². The summed E-state index contributed by atoms with van der Waals surface area (Å²) in [5.74, 6) is 0. The van der Waals surface area contributed by atoms with E-state index in [1.165, 1.54) is 16.3 Å². The van der Waals surface area contributed by atoms with Crippen LogP contribution in [0.15, 0.2) is 51.4 Å². The van der Waals surface area contributed by atoms with Crippen LogP contribution < -0.4 is 11.3 Å². The van der Waals surface area contributed by atoms with Crippen LogP contribution in [0.25, 0.3) is 0 Å².